The van der Waals surface area contributed by atoms with Crippen molar-refractivity contribution >= 4 is 24.0 Å². The molecule has 2 aliphatic heterocycles. The van der Waals surface area contributed by atoms with Gasteiger partial charge in [-0.25, -0.2) is 5.48 Å². The summed E-state index contributed by atoms with van der Waals surface area (Å²) < 4.78 is 10.9. The Morgan fingerprint density at radius 2 is 2.20 bits per heavy atom. The molecule has 1 fully saturated rings. The van der Waals surface area contributed by atoms with E-state index < -0.39 is 0 Å². The zero-order valence-corrected chi connectivity index (χ0v) is 14.7. The van der Waals surface area contributed by atoms with Crippen LogP contribution in [0.15, 0.2) is 23.3 Å². The van der Waals surface area contributed by atoms with Crippen LogP contribution in [-0.2, 0) is 20.3 Å². The van der Waals surface area contributed by atoms with Gasteiger partial charge in [0.05, 0.1) is 25.2 Å². The topological polar surface area (TPSA) is 80.3 Å². The van der Waals surface area contributed by atoms with Crippen molar-refractivity contribution in [2.75, 3.05) is 13.2 Å². The van der Waals surface area contributed by atoms with Gasteiger partial charge in [0.15, 0.2) is 0 Å². The zero-order chi connectivity index (χ0) is 17.5. The minimum absolute atomic E-state index is 0.337. The number of rotatable bonds is 8. The fourth-order valence-corrected chi connectivity index (χ4v) is 3.27. The zero-order valence-electron chi connectivity index (χ0n) is 13.9. The number of hydrogen-bond donors (Lipinski definition) is 2. The van der Waals surface area contributed by atoms with E-state index in [1.54, 1.807) is 5.48 Å². The first-order valence-corrected chi connectivity index (χ1v) is 9.19. The van der Waals surface area contributed by atoms with Gasteiger partial charge in [-0.3, -0.25) is 10.0 Å². The van der Waals surface area contributed by atoms with E-state index in [1.165, 1.54) is 22.8 Å². The van der Waals surface area contributed by atoms with E-state index in [-0.39, 0.29) is 5.91 Å². The number of fused-ring (bicyclic) bond motifs is 1. The lowest BCUT2D eigenvalue weighted by molar-refractivity contribution is -0.259. The van der Waals surface area contributed by atoms with Crippen LogP contribution in [0.3, 0.4) is 0 Å². The monoisotopic (exact) mass is 366 g/mol. The maximum atomic E-state index is 10.9. The predicted molar refractivity (Wildman–Crippen MR) is 93.1 cm³/mol. The predicted octanol–water partition coefficient (Wildman–Crippen LogP) is 3.20. The van der Waals surface area contributed by atoms with Gasteiger partial charge in [0.25, 0.3) is 0 Å². The van der Waals surface area contributed by atoms with Crippen LogP contribution in [0.4, 0.5) is 0 Å². The number of carbonyl (C=O) groups is 1. The molecule has 0 aliphatic carbocycles. The molecule has 2 aliphatic rings. The third-order valence-corrected chi connectivity index (χ3v) is 4.61. The third kappa shape index (κ3) is 5.37. The fourth-order valence-electron chi connectivity index (χ4n) is 2.71. The fraction of sp³-hybridized carbons (Fsp3) is 0.471. The van der Waals surface area contributed by atoms with Crippen molar-refractivity contribution in [3.05, 3.63) is 34.4 Å². The molecule has 2 N–H and O–H groups in total. The van der Waals surface area contributed by atoms with Gasteiger partial charge in [-0.1, -0.05) is 18.9 Å². The average Bonchev–Trinajstić information content (AvgIpc) is 3.26. The highest BCUT2D eigenvalue weighted by atomic mass is 32.2. The molecule has 8 heteroatoms. The molecule has 0 saturated carbocycles. The van der Waals surface area contributed by atoms with Gasteiger partial charge in [0.2, 0.25) is 11.0 Å². The van der Waals surface area contributed by atoms with Gasteiger partial charge in [0.1, 0.15) is 5.75 Å². The molecule has 0 unspecified atom stereocenters. The van der Waals surface area contributed by atoms with Crippen LogP contribution >= 0.6 is 12.0 Å². The minimum atomic E-state index is -0.337. The second-order valence-electron chi connectivity index (χ2n) is 5.93. The Morgan fingerprint density at radius 1 is 1.32 bits per heavy atom. The van der Waals surface area contributed by atoms with Crippen LogP contribution in [0.5, 0.6) is 5.75 Å². The third-order valence-electron chi connectivity index (χ3n) is 4.01. The van der Waals surface area contributed by atoms with Crippen molar-refractivity contribution in [2.24, 2.45) is 0 Å². The first-order valence-electron chi connectivity index (χ1n) is 8.45. The van der Waals surface area contributed by atoms with E-state index in [4.69, 9.17) is 19.1 Å². The molecule has 1 amide bonds. The first kappa shape index (κ1) is 18.1. The molecule has 0 bridgehead atoms. The summed E-state index contributed by atoms with van der Waals surface area (Å²) in [6, 6.07) is 6.11. The Morgan fingerprint density at radius 3 is 3.08 bits per heavy atom. The highest BCUT2D eigenvalue weighted by Crippen LogP contribution is 2.33. The van der Waals surface area contributed by atoms with Crippen molar-refractivity contribution in [1.29, 1.82) is 0 Å². The van der Waals surface area contributed by atoms with Gasteiger partial charge in [0, 0.05) is 12.8 Å². The van der Waals surface area contributed by atoms with Gasteiger partial charge in [-0.15, -0.1) is 0 Å². The summed E-state index contributed by atoms with van der Waals surface area (Å²) in [4.78, 5) is 16.5. The van der Waals surface area contributed by atoms with E-state index in [0.717, 1.165) is 50.0 Å². The summed E-state index contributed by atoms with van der Waals surface area (Å²) in [6.45, 7) is 1.41. The van der Waals surface area contributed by atoms with Crippen LogP contribution in [0.2, 0.25) is 0 Å². The SMILES string of the molecule is O=C(CCCCCCN1OSC(=Cc2ccc3c(c2)CCO3)O1)NO. The number of hydroxylamine groups is 3. The van der Waals surface area contributed by atoms with Crippen LogP contribution in [-0.4, -0.2) is 29.5 Å². The summed E-state index contributed by atoms with van der Waals surface area (Å²) in [5.41, 5.74) is 3.93. The molecule has 25 heavy (non-hydrogen) atoms. The number of ether oxygens (including phenoxy) is 1. The molecule has 1 saturated heterocycles. The standard InChI is InChI=1S/C17H22N2O5S/c20-16(18-21)5-3-1-2-4-9-19-23-17(25-24-19)12-13-6-7-15-14(11-13)8-10-22-15/h6-7,11-12,21H,1-5,8-10H2,(H,18,20). The number of unbranched alkanes of at least 4 members (excludes halogenated alkanes) is 3. The maximum absolute atomic E-state index is 10.9. The molecule has 0 aromatic heterocycles. The lowest BCUT2D eigenvalue weighted by Crippen LogP contribution is -2.18. The van der Waals surface area contributed by atoms with Crippen molar-refractivity contribution < 1.29 is 23.9 Å². The summed E-state index contributed by atoms with van der Waals surface area (Å²) >= 11 is 1.21. The molecule has 1 aromatic carbocycles. The van der Waals surface area contributed by atoms with Crippen molar-refractivity contribution in [3.8, 4) is 5.75 Å². The molecular weight excluding hydrogens is 344 g/mol. The molecule has 0 spiro atoms. The molecule has 0 atom stereocenters. The molecular formula is C17H22N2O5S. The average molecular weight is 366 g/mol. The first-order chi connectivity index (χ1) is 12.2. The lowest BCUT2D eigenvalue weighted by atomic mass is 10.1. The highest BCUT2D eigenvalue weighted by molar-refractivity contribution is 7.98. The molecule has 7 nitrogen and oxygen atoms in total. The number of hydrogen-bond acceptors (Lipinski definition) is 7. The number of benzene rings is 1. The smallest absolute Gasteiger partial charge is 0.243 e. The van der Waals surface area contributed by atoms with Crippen LogP contribution < -0.4 is 10.2 Å². The largest absolute Gasteiger partial charge is 0.493 e. The summed E-state index contributed by atoms with van der Waals surface area (Å²) in [6.07, 6.45) is 6.81. The second kappa shape index (κ2) is 9.10. The van der Waals surface area contributed by atoms with Crippen LogP contribution in [0.25, 0.3) is 6.08 Å². The van der Waals surface area contributed by atoms with Gasteiger partial charge in [-0.2, -0.15) is 4.28 Å². The molecule has 3 rings (SSSR count). The minimum Gasteiger partial charge on any atom is -0.493 e. The van der Waals surface area contributed by atoms with E-state index >= 15 is 0 Å². The van der Waals surface area contributed by atoms with Crippen LogP contribution in [0, 0.1) is 0 Å². The normalized spacial score (nSPS) is 18.0. The van der Waals surface area contributed by atoms with Gasteiger partial charge in [-0.05, 0) is 47.4 Å². The summed E-state index contributed by atoms with van der Waals surface area (Å²) in [5.74, 6) is 0.631. The molecule has 2 heterocycles. The molecule has 0 radical (unpaired) electrons. The Kier molecular flexibility index (Phi) is 6.57. The van der Waals surface area contributed by atoms with Gasteiger partial charge < -0.3 is 9.57 Å². The van der Waals surface area contributed by atoms with Gasteiger partial charge >= 0.3 is 0 Å². The van der Waals surface area contributed by atoms with Crippen molar-refractivity contribution in [3.63, 3.8) is 0 Å². The van der Waals surface area contributed by atoms with E-state index in [2.05, 4.69) is 6.07 Å². The Hall–Kier alpha value is -1.74. The number of carbonyl (C=O) groups excluding carboxylic acids is 1. The highest BCUT2D eigenvalue weighted by Gasteiger charge is 2.21. The van der Waals surface area contributed by atoms with Crippen LogP contribution in [0.1, 0.15) is 43.2 Å². The Labute approximate surface area is 151 Å². The number of nitrogens with one attached hydrogen (secondary N) is 1. The Balaban J connectivity index is 1.36. The van der Waals surface area contributed by atoms with E-state index in [9.17, 15) is 4.79 Å². The number of amides is 1. The van der Waals surface area contributed by atoms with Crippen molar-refractivity contribution in [2.45, 2.75) is 38.5 Å². The quantitative estimate of drug-likeness (QED) is 0.316. The summed E-state index contributed by atoms with van der Waals surface area (Å²) in [5, 5.41) is 10.6. The second-order valence-corrected chi connectivity index (χ2v) is 6.65. The lowest BCUT2D eigenvalue weighted by Gasteiger charge is -2.10. The summed E-state index contributed by atoms with van der Waals surface area (Å²) in [7, 11) is 0. The molecule has 1 aromatic rings. The Bertz CT molecular complexity index is 637. The molecule has 136 valence electrons. The van der Waals surface area contributed by atoms with Crippen molar-refractivity contribution in [1.82, 2.24) is 10.7 Å². The van der Waals surface area contributed by atoms with E-state index in [0.29, 0.717) is 18.1 Å². The maximum Gasteiger partial charge on any atom is 0.243 e. The number of nitrogens with zero attached hydrogens (tertiary/aromatic N) is 1. The van der Waals surface area contributed by atoms with E-state index in [1.807, 2.05) is 18.2 Å².